The maximum Gasteiger partial charge on any atom is 0.261 e. The highest BCUT2D eigenvalue weighted by atomic mass is 35.5. The lowest BCUT2D eigenvalue weighted by atomic mass is 10.1. The second-order valence-corrected chi connectivity index (χ2v) is 8.89. The predicted octanol–water partition coefficient (Wildman–Crippen LogP) is 4.70. The lowest BCUT2D eigenvalue weighted by molar-refractivity contribution is -0.121. The van der Waals surface area contributed by atoms with Crippen LogP contribution in [0, 0.1) is 5.82 Å². The Kier molecular flexibility index (Phi) is 6.74. The summed E-state index contributed by atoms with van der Waals surface area (Å²) in [6, 6.07) is 18.1. The molecule has 8 heteroatoms. The van der Waals surface area contributed by atoms with Crippen LogP contribution in [0.25, 0.3) is 0 Å². The quantitative estimate of drug-likeness (QED) is 0.552. The topological polar surface area (TPSA) is 75.3 Å². The summed E-state index contributed by atoms with van der Waals surface area (Å²) in [6.07, 6.45) is 0.156. The van der Waals surface area contributed by atoms with Gasteiger partial charge in [-0.15, -0.1) is 0 Å². The van der Waals surface area contributed by atoms with Gasteiger partial charge in [0.15, 0.2) is 0 Å². The van der Waals surface area contributed by atoms with E-state index in [-0.39, 0.29) is 23.3 Å². The van der Waals surface area contributed by atoms with Crippen molar-refractivity contribution in [3.8, 4) is 0 Å². The number of halogens is 2. The summed E-state index contributed by atoms with van der Waals surface area (Å²) in [5, 5.41) is 3.55. The van der Waals surface area contributed by atoms with E-state index in [4.69, 9.17) is 11.6 Å². The van der Waals surface area contributed by atoms with Gasteiger partial charge in [-0.3, -0.25) is 9.52 Å². The van der Waals surface area contributed by atoms with Crippen LogP contribution in [0.1, 0.15) is 24.1 Å². The average Bonchev–Trinajstić information content (AvgIpc) is 2.70. The molecule has 0 saturated carbocycles. The molecule has 0 unspecified atom stereocenters. The highest BCUT2D eigenvalue weighted by Crippen LogP contribution is 2.18. The van der Waals surface area contributed by atoms with Crippen LogP contribution in [0.2, 0.25) is 5.02 Å². The van der Waals surface area contributed by atoms with Gasteiger partial charge in [0.25, 0.3) is 10.0 Å². The number of amides is 1. The minimum Gasteiger partial charge on any atom is -0.349 e. The first-order chi connectivity index (χ1) is 14.2. The van der Waals surface area contributed by atoms with Gasteiger partial charge >= 0.3 is 0 Å². The van der Waals surface area contributed by atoms with E-state index < -0.39 is 15.8 Å². The summed E-state index contributed by atoms with van der Waals surface area (Å²) in [5.41, 5.74) is 2.02. The van der Waals surface area contributed by atoms with E-state index in [1.807, 2.05) is 19.1 Å². The first kappa shape index (κ1) is 21.8. The Bertz CT molecular complexity index is 1120. The smallest absolute Gasteiger partial charge is 0.261 e. The number of rotatable bonds is 7. The van der Waals surface area contributed by atoms with Crippen LogP contribution in [0.15, 0.2) is 77.7 Å². The second-order valence-electron chi connectivity index (χ2n) is 6.77. The Balaban J connectivity index is 1.59. The Labute approximate surface area is 179 Å². The van der Waals surface area contributed by atoms with Crippen molar-refractivity contribution in [2.45, 2.75) is 24.3 Å². The Morgan fingerprint density at radius 2 is 1.57 bits per heavy atom. The van der Waals surface area contributed by atoms with Gasteiger partial charge in [-0.1, -0.05) is 35.9 Å². The summed E-state index contributed by atoms with van der Waals surface area (Å²) in [7, 11) is -3.82. The number of sulfonamides is 1. The third-order valence-electron chi connectivity index (χ3n) is 4.44. The number of hydrogen-bond donors (Lipinski definition) is 2. The summed E-state index contributed by atoms with van der Waals surface area (Å²) in [6.45, 7) is 1.88. The lowest BCUT2D eigenvalue weighted by Crippen LogP contribution is -2.28. The summed E-state index contributed by atoms with van der Waals surface area (Å²) >= 11 is 5.88. The molecular formula is C22H20ClFN2O3S. The van der Waals surface area contributed by atoms with Crippen molar-refractivity contribution in [1.29, 1.82) is 0 Å². The van der Waals surface area contributed by atoms with Crippen LogP contribution < -0.4 is 10.0 Å². The maximum absolute atomic E-state index is 13.0. The molecular weight excluding hydrogens is 427 g/mol. The fourth-order valence-electron chi connectivity index (χ4n) is 2.83. The molecule has 3 rings (SSSR count). The van der Waals surface area contributed by atoms with Crippen molar-refractivity contribution in [2.24, 2.45) is 0 Å². The van der Waals surface area contributed by atoms with Crippen molar-refractivity contribution in [3.05, 3.63) is 94.8 Å². The largest absolute Gasteiger partial charge is 0.349 e. The number of anilines is 1. The highest BCUT2D eigenvalue weighted by molar-refractivity contribution is 7.92. The zero-order valence-electron chi connectivity index (χ0n) is 16.1. The normalized spacial score (nSPS) is 12.2. The van der Waals surface area contributed by atoms with Gasteiger partial charge < -0.3 is 5.32 Å². The van der Waals surface area contributed by atoms with E-state index in [9.17, 15) is 17.6 Å². The molecule has 0 saturated heterocycles. The molecule has 3 aromatic rings. The minimum absolute atomic E-state index is 0.0384. The van der Waals surface area contributed by atoms with E-state index in [1.165, 1.54) is 12.1 Å². The molecule has 0 fully saturated rings. The predicted molar refractivity (Wildman–Crippen MR) is 115 cm³/mol. The van der Waals surface area contributed by atoms with Gasteiger partial charge in [-0.05, 0) is 66.6 Å². The van der Waals surface area contributed by atoms with Crippen molar-refractivity contribution in [1.82, 2.24) is 5.32 Å². The van der Waals surface area contributed by atoms with Crippen LogP contribution >= 0.6 is 11.6 Å². The Morgan fingerprint density at radius 3 is 2.17 bits per heavy atom. The van der Waals surface area contributed by atoms with Gasteiger partial charge in [-0.2, -0.15) is 0 Å². The molecule has 1 amide bonds. The Morgan fingerprint density at radius 1 is 0.967 bits per heavy atom. The van der Waals surface area contributed by atoms with E-state index in [1.54, 1.807) is 36.4 Å². The van der Waals surface area contributed by atoms with Crippen molar-refractivity contribution in [2.75, 3.05) is 4.72 Å². The van der Waals surface area contributed by atoms with E-state index in [2.05, 4.69) is 10.0 Å². The molecule has 0 bridgehead atoms. The second kappa shape index (κ2) is 9.28. The monoisotopic (exact) mass is 446 g/mol. The zero-order chi connectivity index (χ0) is 21.7. The highest BCUT2D eigenvalue weighted by Gasteiger charge is 2.15. The molecule has 0 aliphatic heterocycles. The molecule has 1 atom stereocenters. The third kappa shape index (κ3) is 5.81. The minimum atomic E-state index is -3.82. The average molecular weight is 447 g/mol. The summed E-state index contributed by atoms with van der Waals surface area (Å²) in [5.74, 6) is -0.668. The number of benzene rings is 3. The fraction of sp³-hybridized carbons (Fsp3) is 0.136. The maximum atomic E-state index is 13.0. The zero-order valence-corrected chi connectivity index (χ0v) is 17.7. The fourth-order valence-corrected chi connectivity index (χ4v) is 4.02. The van der Waals surface area contributed by atoms with Gasteiger partial charge in [0.05, 0.1) is 17.4 Å². The van der Waals surface area contributed by atoms with E-state index >= 15 is 0 Å². The molecule has 0 heterocycles. The number of carbonyl (C=O) groups excluding carboxylic acids is 1. The molecule has 0 spiro atoms. The van der Waals surface area contributed by atoms with Crippen molar-refractivity contribution >= 4 is 33.2 Å². The van der Waals surface area contributed by atoms with Gasteiger partial charge in [0.1, 0.15) is 5.82 Å². The molecule has 2 N–H and O–H groups in total. The molecule has 3 aromatic carbocycles. The first-order valence-electron chi connectivity index (χ1n) is 9.15. The number of hydrogen-bond acceptors (Lipinski definition) is 3. The van der Waals surface area contributed by atoms with Gasteiger partial charge in [-0.25, -0.2) is 12.8 Å². The van der Waals surface area contributed by atoms with Crippen LogP contribution in [-0.2, 0) is 21.2 Å². The molecule has 30 heavy (non-hydrogen) atoms. The number of carbonyl (C=O) groups is 1. The van der Waals surface area contributed by atoms with Gasteiger partial charge in [0.2, 0.25) is 5.91 Å². The molecule has 156 valence electrons. The molecule has 5 nitrogen and oxygen atoms in total. The summed E-state index contributed by atoms with van der Waals surface area (Å²) < 4.78 is 40.1. The molecule has 0 aliphatic carbocycles. The SMILES string of the molecule is C[C@@H](NC(=O)Cc1ccc(NS(=O)(=O)c2ccc(F)cc2)cc1)c1ccc(Cl)cc1. The standard InChI is InChI=1S/C22H20ClFN2O3S/c1-15(17-4-6-18(23)7-5-17)25-22(27)14-16-2-10-20(11-3-16)26-30(28,29)21-12-8-19(24)9-13-21/h2-13,15,26H,14H2,1H3,(H,25,27)/t15-/m1/s1. The molecule has 0 aromatic heterocycles. The van der Waals surface area contributed by atoms with Crippen molar-refractivity contribution < 1.29 is 17.6 Å². The van der Waals surface area contributed by atoms with Crippen LogP contribution in [-0.4, -0.2) is 14.3 Å². The first-order valence-corrected chi connectivity index (χ1v) is 11.0. The van der Waals surface area contributed by atoms with Crippen LogP contribution in [0.4, 0.5) is 10.1 Å². The van der Waals surface area contributed by atoms with Crippen LogP contribution in [0.3, 0.4) is 0 Å². The van der Waals surface area contributed by atoms with Gasteiger partial charge in [0, 0.05) is 10.7 Å². The lowest BCUT2D eigenvalue weighted by Gasteiger charge is -2.15. The number of nitrogens with one attached hydrogen (secondary N) is 2. The Hall–Kier alpha value is -2.90. The summed E-state index contributed by atoms with van der Waals surface area (Å²) in [4.78, 5) is 12.3. The van der Waals surface area contributed by atoms with Crippen LogP contribution in [0.5, 0.6) is 0 Å². The van der Waals surface area contributed by atoms with E-state index in [0.29, 0.717) is 10.7 Å². The molecule has 0 aliphatic rings. The van der Waals surface area contributed by atoms with Crippen molar-refractivity contribution in [3.63, 3.8) is 0 Å². The van der Waals surface area contributed by atoms with E-state index in [0.717, 1.165) is 23.3 Å². The molecule has 0 radical (unpaired) electrons. The third-order valence-corrected chi connectivity index (χ3v) is 6.09.